The highest BCUT2D eigenvalue weighted by atomic mass is 16.5. The molecule has 0 atom stereocenters. The number of aromatic nitrogens is 2. The molecule has 20 heavy (non-hydrogen) atoms. The van der Waals surface area contributed by atoms with Crippen LogP contribution in [0.25, 0.3) is 10.9 Å². The van der Waals surface area contributed by atoms with Crippen molar-refractivity contribution in [3.8, 4) is 5.88 Å². The van der Waals surface area contributed by atoms with Gasteiger partial charge in [0.1, 0.15) is 5.69 Å². The molecule has 2 N–H and O–H groups in total. The number of H-pyrrole nitrogens is 1. The molecule has 0 fully saturated rings. The lowest BCUT2D eigenvalue weighted by Crippen LogP contribution is -2.13. The molecule has 0 saturated heterocycles. The predicted octanol–water partition coefficient (Wildman–Crippen LogP) is 2.82. The first kappa shape index (κ1) is 12.2. The molecule has 0 aliphatic heterocycles. The third-order valence-corrected chi connectivity index (χ3v) is 3.04. The zero-order valence-electron chi connectivity index (χ0n) is 10.9. The number of benzene rings is 1. The van der Waals surface area contributed by atoms with E-state index in [0.29, 0.717) is 17.1 Å². The van der Waals surface area contributed by atoms with Gasteiger partial charge in [-0.15, -0.1) is 0 Å². The van der Waals surface area contributed by atoms with Crippen molar-refractivity contribution < 1.29 is 9.53 Å². The van der Waals surface area contributed by atoms with Crippen molar-refractivity contribution in [2.75, 3.05) is 12.4 Å². The van der Waals surface area contributed by atoms with Crippen molar-refractivity contribution >= 4 is 22.5 Å². The standard InChI is InChI=1S/C15H13N3O2/c1-20-15-12(6-3-8-17-15)18-14(19)11-5-2-4-10-7-9-16-13(10)11/h2-9,16H,1H3,(H,18,19). The number of ether oxygens (including phenoxy) is 1. The first-order valence-electron chi connectivity index (χ1n) is 6.16. The number of anilines is 1. The summed E-state index contributed by atoms with van der Waals surface area (Å²) in [7, 11) is 1.52. The summed E-state index contributed by atoms with van der Waals surface area (Å²) in [6.45, 7) is 0. The number of methoxy groups -OCH3 is 1. The van der Waals surface area contributed by atoms with Gasteiger partial charge in [0.15, 0.2) is 0 Å². The third-order valence-electron chi connectivity index (χ3n) is 3.04. The van der Waals surface area contributed by atoms with E-state index < -0.39 is 0 Å². The molecule has 0 saturated carbocycles. The van der Waals surface area contributed by atoms with E-state index >= 15 is 0 Å². The number of nitrogens with one attached hydrogen (secondary N) is 2. The number of amides is 1. The minimum atomic E-state index is -0.204. The maximum absolute atomic E-state index is 12.4. The van der Waals surface area contributed by atoms with Crippen LogP contribution in [0.1, 0.15) is 10.4 Å². The molecule has 3 rings (SSSR count). The van der Waals surface area contributed by atoms with Crippen LogP contribution >= 0.6 is 0 Å². The molecule has 0 spiro atoms. The maximum Gasteiger partial charge on any atom is 0.257 e. The van der Waals surface area contributed by atoms with Gasteiger partial charge in [-0.2, -0.15) is 0 Å². The van der Waals surface area contributed by atoms with Crippen LogP contribution in [0.4, 0.5) is 5.69 Å². The topological polar surface area (TPSA) is 67.0 Å². The quantitative estimate of drug-likeness (QED) is 0.766. The number of aromatic amines is 1. The second kappa shape index (κ2) is 5.05. The Morgan fingerprint density at radius 2 is 2.15 bits per heavy atom. The molecule has 1 amide bonds. The Kier molecular flexibility index (Phi) is 3.09. The monoisotopic (exact) mass is 267 g/mol. The summed E-state index contributed by atoms with van der Waals surface area (Å²) in [5.41, 5.74) is 1.94. The van der Waals surface area contributed by atoms with Crippen molar-refractivity contribution in [1.29, 1.82) is 0 Å². The van der Waals surface area contributed by atoms with E-state index in [1.807, 2.05) is 24.4 Å². The van der Waals surface area contributed by atoms with E-state index in [9.17, 15) is 4.79 Å². The molecule has 0 aliphatic carbocycles. The summed E-state index contributed by atoms with van der Waals surface area (Å²) in [5, 5.41) is 3.81. The highest BCUT2D eigenvalue weighted by molar-refractivity contribution is 6.12. The SMILES string of the molecule is COc1ncccc1NC(=O)c1cccc2cc[nH]c12. The first-order chi connectivity index (χ1) is 9.79. The zero-order chi connectivity index (χ0) is 13.9. The lowest BCUT2D eigenvalue weighted by atomic mass is 10.1. The Morgan fingerprint density at radius 3 is 3.00 bits per heavy atom. The van der Waals surface area contributed by atoms with E-state index in [1.54, 1.807) is 24.4 Å². The van der Waals surface area contributed by atoms with Gasteiger partial charge in [-0.1, -0.05) is 12.1 Å². The predicted molar refractivity (Wildman–Crippen MR) is 77.0 cm³/mol. The van der Waals surface area contributed by atoms with Crippen LogP contribution in [-0.2, 0) is 0 Å². The molecule has 100 valence electrons. The van der Waals surface area contributed by atoms with E-state index in [2.05, 4.69) is 15.3 Å². The second-order valence-electron chi connectivity index (χ2n) is 4.26. The van der Waals surface area contributed by atoms with Crippen LogP contribution < -0.4 is 10.1 Å². The van der Waals surface area contributed by atoms with Crippen LogP contribution in [-0.4, -0.2) is 23.0 Å². The molecule has 5 heteroatoms. The van der Waals surface area contributed by atoms with Gasteiger partial charge in [-0.3, -0.25) is 4.79 Å². The fourth-order valence-corrected chi connectivity index (χ4v) is 2.11. The fourth-order valence-electron chi connectivity index (χ4n) is 2.11. The smallest absolute Gasteiger partial charge is 0.257 e. The summed E-state index contributed by atoms with van der Waals surface area (Å²) in [4.78, 5) is 19.5. The number of pyridine rings is 1. The normalized spacial score (nSPS) is 10.4. The van der Waals surface area contributed by atoms with Gasteiger partial charge in [0.2, 0.25) is 5.88 Å². The van der Waals surface area contributed by atoms with Gasteiger partial charge in [0, 0.05) is 17.8 Å². The van der Waals surface area contributed by atoms with E-state index in [1.165, 1.54) is 7.11 Å². The Labute approximate surface area is 115 Å². The summed E-state index contributed by atoms with van der Waals surface area (Å²) in [6.07, 6.45) is 3.42. The Morgan fingerprint density at radius 1 is 1.25 bits per heavy atom. The number of carbonyl (C=O) groups is 1. The maximum atomic E-state index is 12.4. The first-order valence-corrected chi connectivity index (χ1v) is 6.16. The molecule has 0 unspecified atom stereocenters. The molecule has 3 aromatic rings. The lowest BCUT2D eigenvalue weighted by molar-refractivity contribution is 0.102. The largest absolute Gasteiger partial charge is 0.480 e. The van der Waals surface area contributed by atoms with Crippen molar-refractivity contribution in [3.63, 3.8) is 0 Å². The van der Waals surface area contributed by atoms with E-state index in [4.69, 9.17) is 4.74 Å². The average molecular weight is 267 g/mol. The zero-order valence-corrected chi connectivity index (χ0v) is 10.9. The molecule has 5 nitrogen and oxygen atoms in total. The van der Waals surface area contributed by atoms with Gasteiger partial charge in [-0.05, 0) is 24.3 Å². The summed E-state index contributed by atoms with van der Waals surface area (Å²) in [5.74, 6) is 0.184. The van der Waals surface area contributed by atoms with Crippen molar-refractivity contribution in [1.82, 2.24) is 9.97 Å². The van der Waals surface area contributed by atoms with Crippen LogP contribution in [0.3, 0.4) is 0 Å². The number of hydrogen-bond acceptors (Lipinski definition) is 3. The van der Waals surface area contributed by atoms with E-state index in [-0.39, 0.29) is 5.91 Å². The van der Waals surface area contributed by atoms with Gasteiger partial charge in [-0.25, -0.2) is 4.98 Å². The summed E-state index contributed by atoms with van der Waals surface area (Å²) >= 11 is 0. The second-order valence-corrected chi connectivity index (χ2v) is 4.26. The van der Waals surface area contributed by atoms with Crippen LogP contribution in [0.15, 0.2) is 48.8 Å². The highest BCUT2D eigenvalue weighted by Crippen LogP contribution is 2.22. The molecular formula is C15H13N3O2. The number of fused-ring (bicyclic) bond motifs is 1. The molecular weight excluding hydrogens is 254 g/mol. The fraction of sp³-hybridized carbons (Fsp3) is 0.0667. The molecule has 0 aliphatic rings. The summed E-state index contributed by atoms with van der Waals surface area (Å²) < 4.78 is 5.12. The summed E-state index contributed by atoms with van der Waals surface area (Å²) in [6, 6.07) is 11.0. The molecule has 0 radical (unpaired) electrons. The molecule has 1 aromatic carbocycles. The number of para-hydroxylation sites is 1. The number of nitrogens with zero attached hydrogens (tertiary/aromatic N) is 1. The van der Waals surface area contributed by atoms with Crippen molar-refractivity contribution in [2.24, 2.45) is 0 Å². The Hall–Kier alpha value is -2.82. The highest BCUT2D eigenvalue weighted by Gasteiger charge is 2.13. The molecule has 2 aromatic heterocycles. The van der Waals surface area contributed by atoms with Crippen LogP contribution in [0, 0.1) is 0 Å². The van der Waals surface area contributed by atoms with Crippen molar-refractivity contribution in [2.45, 2.75) is 0 Å². The van der Waals surface area contributed by atoms with Gasteiger partial charge < -0.3 is 15.0 Å². The van der Waals surface area contributed by atoms with Gasteiger partial charge >= 0.3 is 0 Å². The lowest BCUT2D eigenvalue weighted by Gasteiger charge is -2.09. The van der Waals surface area contributed by atoms with Crippen LogP contribution in [0.2, 0.25) is 0 Å². The molecule has 2 heterocycles. The Balaban J connectivity index is 1.95. The minimum Gasteiger partial charge on any atom is -0.480 e. The number of hydrogen-bond donors (Lipinski definition) is 2. The molecule has 0 bridgehead atoms. The number of carbonyl (C=O) groups excluding carboxylic acids is 1. The van der Waals surface area contributed by atoms with Gasteiger partial charge in [0.25, 0.3) is 5.91 Å². The third kappa shape index (κ3) is 2.09. The van der Waals surface area contributed by atoms with Gasteiger partial charge in [0.05, 0.1) is 18.2 Å². The minimum absolute atomic E-state index is 0.204. The van der Waals surface area contributed by atoms with Crippen LogP contribution in [0.5, 0.6) is 5.88 Å². The average Bonchev–Trinajstić information content (AvgIpc) is 2.96. The number of rotatable bonds is 3. The Bertz CT molecular complexity index is 764. The van der Waals surface area contributed by atoms with E-state index in [0.717, 1.165) is 10.9 Å². The van der Waals surface area contributed by atoms with Crippen molar-refractivity contribution in [3.05, 3.63) is 54.4 Å².